The fraction of sp³-hybridized carbons (Fsp3) is 0.538. The Bertz CT molecular complexity index is 304. The summed E-state index contributed by atoms with van der Waals surface area (Å²) in [4.78, 5) is 0. The Balaban J connectivity index is 2.95. The number of aliphatic hydroxyl groups excluding tert-OH is 2. The number of halogens is 1. The fourth-order valence-electron chi connectivity index (χ4n) is 1.85. The molecule has 3 heteroatoms. The van der Waals surface area contributed by atoms with Crippen molar-refractivity contribution in [1.29, 1.82) is 0 Å². The smallest absolute Gasteiger partial charge is 0.0550 e. The quantitative estimate of drug-likeness (QED) is 0.805. The third-order valence-corrected chi connectivity index (χ3v) is 3.32. The van der Waals surface area contributed by atoms with E-state index in [1.54, 1.807) is 12.1 Å². The maximum Gasteiger partial charge on any atom is 0.0550 e. The van der Waals surface area contributed by atoms with Gasteiger partial charge >= 0.3 is 0 Å². The Hall–Kier alpha value is -0.570. The van der Waals surface area contributed by atoms with Crippen LogP contribution in [0.25, 0.3) is 0 Å². The summed E-state index contributed by atoms with van der Waals surface area (Å²) >= 11 is 5.83. The second-order valence-corrected chi connectivity index (χ2v) is 4.64. The van der Waals surface area contributed by atoms with Crippen molar-refractivity contribution in [3.05, 3.63) is 34.9 Å². The molecule has 2 nitrogen and oxygen atoms in total. The third kappa shape index (κ3) is 2.97. The molecule has 1 rings (SSSR count). The van der Waals surface area contributed by atoms with E-state index < -0.39 is 5.41 Å². The van der Waals surface area contributed by atoms with Crippen LogP contribution >= 0.6 is 11.6 Å². The lowest BCUT2D eigenvalue weighted by atomic mass is 9.78. The molecule has 0 radical (unpaired) electrons. The van der Waals surface area contributed by atoms with Crippen molar-refractivity contribution in [3.8, 4) is 0 Å². The fourth-order valence-corrected chi connectivity index (χ4v) is 1.98. The monoisotopic (exact) mass is 242 g/mol. The van der Waals surface area contributed by atoms with E-state index >= 15 is 0 Å². The molecule has 0 aliphatic carbocycles. The van der Waals surface area contributed by atoms with Crippen LogP contribution in [0.4, 0.5) is 0 Å². The average Bonchev–Trinajstić information content (AvgIpc) is 2.33. The largest absolute Gasteiger partial charge is 0.395 e. The zero-order valence-electron chi connectivity index (χ0n) is 9.62. The first-order valence-corrected chi connectivity index (χ1v) is 6.04. The van der Waals surface area contributed by atoms with Gasteiger partial charge in [0, 0.05) is 10.4 Å². The maximum absolute atomic E-state index is 9.53. The summed E-state index contributed by atoms with van der Waals surface area (Å²) in [5.41, 5.74) is 0.427. The summed E-state index contributed by atoms with van der Waals surface area (Å²) in [7, 11) is 0. The predicted octanol–water partition coefficient (Wildman–Crippen LogP) is 2.75. The summed E-state index contributed by atoms with van der Waals surface area (Å²) in [5, 5.41) is 19.7. The van der Waals surface area contributed by atoms with E-state index in [9.17, 15) is 10.2 Å². The van der Waals surface area contributed by atoms with Crippen LogP contribution in [0, 0.1) is 0 Å². The van der Waals surface area contributed by atoms with Crippen LogP contribution < -0.4 is 0 Å². The Morgan fingerprint density at radius 2 is 1.69 bits per heavy atom. The van der Waals surface area contributed by atoms with Crippen molar-refractivity contribution in [3.63, 3.8) is 0 Å². The zero-order chi connectivity index (χ0) is 12.0. The first-order chi connectivity index (χ1) is 7.68. The SMILES string of the molecule is CCCCC(CO)(CO)c1ccc(Cl)cc1. The van der Waals surface area contributed by atoms with Crippen molar-refractivity contribution in [2.45, 2.75) is 31.6 Å². The zero-order valence-corrected chi connectivity index (χ0v) is 10.4. The van der Waals surface area contributed by atoms with Gasteiger partial charge < -0.3 is 10.2 Å². The van der Waals surface area contributed by atoms with Crippen molar-refractivity contribution < 1.29 is 10.2 Å². The molecule has 0 aliphatic heterocycles. The molecular formula is C13H19ClO2. The lowest BCUT2D eigenvalue weighted by Gasteiger charge is -2.30. The third-order valence-electron chi connectivity index (χ3n) is 3.07. The standard InChI is InChI=1S/C13H19ClO2/c1-2-3-8-13(9-15,10-16)11-4-6-12(14)7-5-11/h4-7,15-16H,2-3,8-10H2,1H3. The summed E-state index contributed by atoms with van der Waals surface area (Å²) in [6.45, 7) is 2.03. The lowest BCUT2D eigenvalue weighted by molar-refractivity contribution is 0.107. The molecule has 0 saturated carbocycles. The molecule has 0 heterocycles. The highest BCUT2D eigenvalue weighted by molar-refractivity contribution is 6.30. The van der Waals surface area contributed by atoms with E-state index in [0.29, 0.717) is 5.02 Å². The highest BCUT2D eigenvalue weighted by Crippen LogP contribution is 2.30. The van der Waals surface area contributed by atoms with Crippen LogP contribution in [0.1, 0.15) is 31.7 Å². The van der Waals surface area contributed by atoms with Gasteiger partial charge in [-0.2, -0.15) is 0 Å². The van der Waals surface area contributed by atoms with Gasteiger partial charge in [-0.1, -0.05) is 43.5 Å². The van der Waals surface area contributed by atoms with Crippen LogP contribution in [0.3, 0.4) is 0 Å². The Morgan fingerprint density at radius 3 is 2.12 bits per heavy atom. The predicted molar refractivity (Wildman–Crippen MR) is 66.8 cm³/mol. The molecule has 0 saturated heterocycles. The van der Waals surface area contributed by atoms with Crippen molar-refractivity contribution in [2.75, 3.05) is 13.2 Å². The number of hydrogen-bond donors (Lipinski definition) is 2. The Kier molecular flexibility index (Phi) is 5.26. The molecule has 0 spiro atoms. The first-order valence-electron chi connectivity index (χ1n) is 5.66. The molecule has 0 fully saturated rings. The number of rotatable bonds is 6. The van der Waals surface area contributed by atoms with Crippen LogP contribution in [0.2, 0.25) is 5.02 Å². The molecule has 0 aromatic heterocycles. The minimum atomic E-state index is -0.527. The van der Waals surface area contributed by atoms with Crippen molar-refractivity contribution in [1.82, 2.24) is 0 Å². The molecule has 16 heavy (non-hydrogen) atoms. The van der Waals surface area contributed by atoms with E-state index in [4.69, 9.17) is 11.6 Å². The number of benzene rings is 1. The van der Waals surface area contributed by atoms with E-state index in [0.717, 1.165) is 24.8 Å². The van der Waals surface area contributed by atoms with Crippen LogP contribution in [0.5, 0.6) is 0 Å². The second-order valence-electron chi connectivity index (χ2n) is 4.21. The highest BCUT2D eigenvalue weighted by Gasteiger charge is 2.30. The van der Waals surface area contributed by atoms with Gasteiger partial charge in [-0.15, -0.1) is 0 Å². The van der Waals surface area contributed by atoms with Crippen LogP contribution in [-0.2, 0) is 5.41 Å². The van der Waals surface area contributed by atoms with Gasteiger partial charge in [0.25, 0.3) is 0 Å². The molecule has 90 valence electrons. The maximum atomic E-state index is 9.53. The minimum absolute atomic E-state index is 0.0366. The first kappa shape index (κ1) is 13.5. The molecule has 1 aromatic carbocycles. The molecule has 1 aromatic rings. The molecule has 0 amide bonds. The number of unbranched alkanes of at least 4 members (excludes halogenated alkanes) is 1. The van der Waals surface area contributed by atoms with Gasteiger partial charge in [-0.05, 0) is 24.1 Å². The van der Waals surface area contributed by atoms with E-state index in [1.165, 1.54) is 0 Å². The van der Waals surface area contributed by atoms with Gasteiger partial charge in [0.1, 0.15) is 0 Å². The summed E-state index contributed by atoms with van der Waals surface area (Å²) in [6.07, 6.45) is 2.83. The average molecular weight is 243 g/mol. The molecular weight excluding hydrogens is 224 g/mol. The summed E-state index contributed by atoms with van der Waals surface area (Å²) in [5.74, 6) is 0. The topological polar surface area (TPSA) is 40.5 Å². The lowest BCUT2D eigenvalue weighted by Crippen LogP contribution is -2.34. The molecule has 2 N–H and O–H groups in total. The highest BCUT2D eigenvalue weighted by atomic mass is 35.5. The summed E-state index contributed by atoms with van der Waals surface area (Å²) in [6, 6.07) is 7.35. The van der Waals surface area contributed by atoms with E-state index in [1.807, 2.05) is 12.1 Å². The van der Waals surface area contributed by atoms with Gasteiger partial charge in [0.2, 0.25) is 0 Å². The van der Waals surface area contributed by atoms with Crippen LogP contribution in [0.15, 0.2) is 24.3 Å². The molecule has 0 unspecified atom stereocenters. The number of aliphatic hydroxyl groups is 2. The van der Waals surface area contributed by atoms with Crippen LogP contribution in [-0.4, -0.2) is 23.4 Å². The molecule has 0 atom stereocenters. The summed E-state index contributed by atoms with van der Waals surface area (Å²) < 4.78 is 0. The van der Waals surface area contributed by atoms with E-state index in [-0.39, 0.29) is 13.2 Å². The van der Waals surface area contributed by atoms with Crippen molar-refractivity contribution >= 4 is 11.6 Å². The van der Waals surface area contributed by atoms with Gasteiger partial charge in [-0.3, -0.25) is 0 Å². The number of hydrogen-bond acceptors (Lipinski definition) is 2. The molecule has 0 bridgehead atoms. The van der Waals surface area contributed by atoms with E-state index in [2.05, 4.69) is 6.92 Å². The van der Waals surface area contributed by atoms with Gasteiger partial charge in [0.15, 0.2) is 0 Å². The van der Waals surface area contributed by atoms with Gasteiger partial charge in [-0.25, -0.2) is 0 Å². The minimum Gasteiger partial charge on any atom is -0.395 e. The van der Waals surface area contributed by atoms with Crippen molar-refractivity contribution in [2.24, 2.45) is 0 Å². The second kappa shape index (κ2) is 6.24. The Morgan fingerprint density at radius 1 is 1.12 bits per heavy atom. The normalized spacial score (nSPS) is 11.8. The Labute approximate surface area is 102 Å². The molecule has 0 aliphatic rings. The van der Waals surface area contributed by atoms with Gasteiger partial charge in [0.05, 0.1) is 13.2 Å².